The van der Waals surface area contributed by atoms with E-state index in [0.717, 1.165) is 10.9 Å². The number of aromatic nitrogens is 1. The average molecular weight is 1100 g/mol. The molecular formula is C50H70N10O12S3. The predicted octanol–water partition coefficient (Wildman–Crippen LogP) is 0.106. The second kappa shape index (κ2) is 29.7. The lowest BCUT2D eigenvalue weighted by Gasteiger charge is -2.32. The fourth-order valence-electron chi connectivity index (χ4n) is 8.37. The number of para-hydroxylation sites is 1. The van der Waals surface area contributed by atoms with Gasteiger partial charge in [-0.25, -0.2) is 4.79 Å². The van der Waals surface area contributed by atoms with E-state index < -0.39 is 138 Å². The van der Waals surface area contributed by atoms with Crippen LogP contribution in [0.25, 0.3) is 10.9 Å². The first-order valence-corrected chi connectivity index (χ1v) is 26.6. The molecule has 1 aromatic heterocycles. The number of nitrogens with zero attached hydrogens (tertiary/aromatic N) is 1. The molecular weight excluding hydrogens is 1030 g/mol. The van der Waals surface area contributed by atoms with Gasteiger partial charge in [-0.05, 0) is 48.3 Å². The Morgan fingerprint density at radius 1 is 0.667 bits per heavy atom. The molecule has 1 fully saturated rings. The molecule has 75 heavy (non-hydrogen) atoms. The Morgan fingerprint density at radius 3 is 1.83 bits per heavy atom. The Hall–Kier alpha value is -6.31. The number of thiol groups is 3. The minimum absolute atomic E-state index is 0.00582. The Morgan fingerprint density at radius 2 is 1.23 bits per heavy atom. The lowest BCUT2D eigenvalue weighted by Crippen LogP contribution is -2.61. The molecule has 0 saturated carbocycles. The van der Waals surface area contributed by atoms with Gasteiger partial charge < -0.3 is 63.0 Å². The second-order valence-corrected chi connectivity index (χ2v) is 19.9. The van der Waals surface area contributed by atoms with Crippen molar-refractivity contribution in [1.29, 1.82) is 0 Å². The van der Waals surface area contributed by atoms with E-state index in [1.165, 1.54) is 4.90 Å². The van der Waals surface area contributed by atoms with Crippen LogP contribution in [0.3, 0.4) is 0 Å². The molecule has 12 N–H and O–H groups in total. The summed E-state index contributed by atoms with van der Waals surface area (Å²) >= 11 is 12.2. The molecule has 3 aromatic rings. The molecule has 2 heterocycles. The number of carboxylic acid groups (broad SMARTS) is 2. The topological polar surface area (TPSA) is 340 Å². The van der Waals surface area contributed by atoms with E-state index in [2.05, 4.69) is 80.1 Å². The van der Waals surface area contributed by atoms with Gasteiger partial charge in [0.15, 0.2) is 0 Å². The van der Waals surface area contributed by atoms with Crippen LogP contribution in [0, 0.1) is 11.8 Å². The molecule has 1 saturated heterocycles. The van der Waals surface area contributed by atoms with Crippen molar-refractivity contribution in [2.24, 2.45) is 17.6 Å². The molecule has 410 valence electrons. The summed E-state index contributed by atoms with van der Waals surface area (Å²) in [7, 11) is 0. The van der Waals surface area contributed by atoms with Crippen LogP contribution in [0.2, 0.25) is 0 Å². The van der Waals surface area contributed by atoms with E-state index in [4.69, 9.17) is 5.73 Å². The van der Waals surface area contributed by atoms with E-state index >= 15 is 0 Å². The lowest BCUT2D eigenvalue weighted by atomic mass is 9.96. The van der Waals surface area contributed by atoms with Crippen molar-refractivity contribution in [3.8, 4) is 0 Å². The number of likely N-dealkylation sites (tertiary alicyclic amines) is 1. The van der Waals surface area contributed by atoms with Gasteiger partial charge in [0.05, 0.1) is 6.04 Å². The van der Waals surface area contributed by atoms with Crippen molar-refractivity contribution < 1.29 is 58.2 Å². The Kier molecular flexibility index (Phi) is 24.2. The van der Waals surface area contributed by atoms with Gasteiger partial charge in [0, 0.05) is 60.2 Å². The number of H-pyrrole nitrogens is 1. The molecule has 0 unspecified atom stereocenters. The van der Waals surface area contributed by atoms with Crippen LogP contribution < -0.4 is 43.0 Å². The zero-order valence-corrected chi connectivity index (χ0v) is 44.9. The molecule has 8 amide bonds. The SMILES string of the molecule is CC[C@H](C)[C@H](NC(=O)[C@H](Cc1ccccc1)NC(=O)[C@@H](N)CS)C(=O)N[C@@H](CCC(=O)O)C(=O)N1CCC[C@H]1C(=O)N[C@@H](Cc1c[nH]c2ccccc12)C(=O)N[C@H](C(=O)N[C@@H](CS)C(=O)N[C@@H](CS)C(=O)O)C(C)C. The normalized spacial score (nSPS) is 16.9. The molecule has 0 aliphatic carbocycles. The highest BCUT2D eigenvalue weighted by Gasteiger charge is 2.41. The van der Waals surface area contributed by atoms with Crippen molar-refractivity contribution in [1.82, 2.24) is 47.1 Å². The monoisotopic (exact) mass is 1100 g/mol. The van der Waals surface area contributed by atoms with Crippen molar-refractivity contribution in [2.75, 3.05) is 23.8 Å². The molecule has 0 bridgehead atoms. The molecule has 22 nitrogen and oxygen atoms in total. The molecule has 0 radical (unpaired) electrons. The van der Waals surface area contributed by atoms with Gasteiger partial charge in [0.2, 0.25) is 47.3 Å². The first-order valence-electron chi connectivity index (χ1n) is 24.7. The quantitative estimate of drug-likeness (QED) is 0.0411. The summed E-state index contributed by atoms with van der Waals surface area (Å²) < 4.78 is 0. The molecule has 0 spiro atoms. The molecule has 4 rings (SSSR count). The Bertz CT molecular complexity index is 2500. The number of nitrogens with one attached hydrogen (secondary N) is 8. The van der Waals surface area contributed by atoms with Crippen LogP contribution in [0.1, 0.15) is 70.9 Å². The number of aromatic amines is 1. The number of amides is 8. The maximum Gasteiger partial charge on any atom is 0.327 e. The summed E-state index contributed by atoms with van der Waals surface area (Å²) in [6.07, 6.45) is 1.46. The molecule has 10 atom stereocenters. The van der Waals surface area contributed by atoms with Gasteiger partial charge >= 0.3 is 11.9 Å². The summed E-state index contributed by atoms with van der Waals surface area (Å²) in [6, 6.07) is 4.54. The lowest BCUT2D eigenvalue weighted by molar-refractivity contribution is -0.144. The summed E-state index contributed by atoms with van der Waals surface area (Å²) in [5.41, 5.74) is 7.96. The first-order chi connectivity index (χ1) is 35.6. The molecule has 1 aliphatic heterocycles. The largest absolute Gasteiger partial charge is 0.481 e. The number of hydrogen-bond acceptors (Lipinski definition) is 14. The van der Waals surface area contributed by atoms with Gasteiger partial charge in [0.25, 0.3) is 0 Å². The van der Waals surface area contributed by atoms with E-state index in [-0.39, 0.29) is 43.1 Å². The minimum atomic E-state index is -1.50. The van der Waals surface area contributed by atoms with Gasteiger partial charge in [-0.2, -0.15) is 37.9 Å². The van der Waals surface area contributed by atoms with Crippen LogP contribution in [-0.4, -0.2) is 157 Å². The Labute approximate surface area is 451 Å². The third-order valence-electron chi connectivity index (χ3n) is 12.9. The fraction of sp³-hybridized carbons (Fsp3) is 0.520. The van der Waals surface area contributed by atoms with Crippen molar-refractivity contribution >= 4 is 108 Å². The highest BCUT2D eigenvalue weighted by molar-refractivity contribution is 7.80. The third kappa shape index (κ3) is 17.6. The number of fused-ring (bicyclic) bond motifs is 1. The van der Waals surface area contributed by atoms with Crippen LogP contribution in [0.4, 0.5) is 0 Å². The van der Waals surface area contributed by atoms with Gasteiger partial charge in [-0.3, -0.25) is 43.2 Å². The highest BCUT2D eigenvalue weighted by atomic mass is 32.1. The number of rotatable bonds is 29. The number of carbonyl (C=O) groups excluding carboxylic acids is 8. The summed E-state index contributed by atoms with van der Waals surface area (Å²) in [6.45, 7) is 6.77. The average Bonchev–Trinajstić information content (AvgIpc) is 4.06. The van der Waals surface area contributed by atoms with E-state index in [9.17, 15) is 58.2 Å². The molecule has 1 aliphatic rings. The summed E-state index contributed by atoms with van der Waals surface area (Å²) in [5.74, 6) is -10.4. The van der Waals surface area contributed by atoms with Gasteiger partial charge in [-0.15, -0.1) is 0 Å². The van der Waals surface area contributed by atoms with Gasteiger partial charge in [0.1, 0.15) is 48.3 Å². The smallest absolute Gasteiger partial charge is 0.327 e. The standard InChI is InChI=1S/C50H70N10O12S3/c1-5-27(4)41(59-43(64)34(54-42(63)31(51)23-73)20-28-12-7-6-8-13-28)48(69)53-33(17-18-39(61)62)49(70)60-19-11-16-38(60)46(67)55-35(21-29-22-52-32-15-10-9-14-30(29)32)44(65)58-40(26(2)3)47(68)56-36(24-74)45(66)57-37(25-75)50(71)72/h6-10,12-15,22,26-27,31,33-38,40-41,52,73-75H,5,11,16-21,23-25,51H2,1-4H3,(H,53,69)(H,54,63)(H,55,67)(H,56,68)(H,57,66)(H,58,65)(H,59,64)(H,61,62)(H,71,72)/t27-,31-,33-,34-,35-,36-,37-,38-,40-,41-/m0/s1. The number of aliphatic carboxylic acids is 2. The van der Waals surface area contributed by atoms with Crippen molar-refractivity contribution in [2.45, 2.75) is 127 Å². The van der Waals surface area contributed by atoms with E-state index in [1.807, 2.05) is 18.2 Å². The maximum absolute atomic E-state index is 14.6. The third-order valence-corrected chi connectivity index (χ3v) is 14.1. The number of nitrogens with two attached hydrogens (primary N) is 1. The van der Waals surface area contributed by atoms with Gasteiger partial charge in [-0.1, -0.05) is 82.6 Å². The van der Waals surface area contributed by atoms with E-state index in [0.29, 0.717) is 24.0 Å². The van der Waals surface area contributed by atoms with E-state index in [1.54, 1.807) is 70.3 Å². The fourth-order valence-corrected chi connectivity index (χ4v) is 9.04. The Balaban J connectivity index is 1.60. The minimum Gasteiger partial charge on any atom is -0.481 e. The van der Waals surface area contributed by atoms with Crippen LogP contribution in [0.5, 0.6) is 0 Å². The molecule has 25 heteroatoms. The number of carbonyl (C=O) groups is 10. The number of hydrogen-bond donors (Lipinski definition) is 14. The highest BCUT2D eigenvalue weighted by Crippen LogP contribution is 2.23. The second-order valence-electron chi connectivity index (χ2n) is 18.8. The maximum atomic E-state index is 14.6. The number of benzene rings is 2. The zero-order valence-electron chi connectivity index (χ0n) is 42.2. The summed E-state index contributed by atoms with van der Waals surface area (Å²) in [4.78, 5) is 139. The van der Waals surface area contributed by atoms with Crippen LogP contribution >= 0.6 is 37.9 Å². The van der Waals surface area contributed by atoms with Crippen LogP contribution in [-0.2, 0) is 60.8 Å². The molecule has 2 aromatic carbocycles. The van der Waals surface area contributed by atoms with Crippen molar-refractivity contribution in [3.63, 3.8) is 0 Å². The zero-order chi connectivity index (χ0) is 55.5. The first kappa shape index (κ1) is 61.2. The predicted molar refractivity (Wildman–Crippen MR) is 289 cm³/mol. The van der Waals surface area contributed by atoms with Crippen LogP contribution in [0.15, 0.2) is 60.8 Å². The summed E-state index contributed by atoms with van der Waals surface area (Å²) in [5, 5.41) is 38.2. The van der Waals surface area contributed by atoms with Crippen molar-refractivity contribution in [3.05, 3.63) is 71.9 Å². The number of carboxylic acids is 2.